The van der Waals surface area contributed by atoms with Crippen molar-refractivity contribution in [3.63, 3.8) is 0 Å². The van der Waals surface area contributed by atoms with Gasteiger partial charge in [-0.3, -0.25) is 9.52 Å². The van der Waals surface area contributed by atoms with Crippen molar-refractivity contribution in [2.75, 3.05) is 18.8 Å². The zero-order valence-corrected chi connectivity index (χ0v) is 16.5. The van der Waals surface area contributed by atoms with Gasteiger partial charge in [0.15, 0.2) is 6.10 Å². The molecule has 0 aliphatic rings. The number of benzene rings is 2. The number of carbonyl (C=O) groups is 2. The Morgan fingerprint density at radius 2 is 1.67 bits per heavy atom. The molecule has 0 saturated heterocycles. The van der Waals surface area contributed by atoms with Gasteiger partial charge in [0.25, 0.3) is 15.9 Å². The minimum Gasteiger partial charge on any atom is -0.449 e. The molecule has 0 saturated carbocycles. The Balaban J connectivity index is 2.13. The number of rotatable bonds is 6. The smallest absolute Gasteiger partial charge is 0.338 e. The number of sulfonamides is 1. The molecular weight excluding hydrogens is 392 g/mol. The lowest BCUT2D eigenvalue weighted by atomic mass is 10.2. The fraction of sp³-hybridized carbons (Fsp3) is 0.222. The molecule has 0 bridgehead atoms. The molecule has 27 heavy (non-hydrogen) atoms. The standard InChI is InChI=1S/C18H19ClN2O5S/c1-12(17(22)21(2)3)26-18(23)13-8-10-14(11-9-13)27(24,25)20-16-7-5-4-6-15(16)19/h4-12,20H,1-3H3/t12-/m0/s1. The molecule has 0 aliphatic heterocycles. The zero-order chi connectivity index (χ0) is 20.2. The molecule has 0 radical (unpaired) electrons. The first kappa shape index (κ1) is 20.7. The van der Waals surface area contributed by atoms with Crippen LogP contribution in [0.25, 0.3) is 0 Å². The van der Waals surface area contributed by atoms with Crippen LogP contribution in [-0.2, 0) is 19.6 Å². The summed E-state index contributed by atoms with van der Waals surface area (Å²) in [5, 5.41) is 0.265. The lowest BCUT2D eigenvalue weighted by Gasteiger charge is -2.17. The van der Waals surface area contributed by atoms with Crippen molar-refractivity contribution in [2.45, 2.75) is 17.9 Å². The Bertz CT molecular complexity index is 942. The van der Waals surface area contributed by atoms with E-state index in [1.807, 2.05) is 0 Å². The third kappa shape index (κ3) is 5.21. The number of nitrogens with one attached hydrogen (secondary N) is 1. The molecule has 1 N–H and O–H groups in total. The van der Waals surface area contributed by atoms with Crippen LogP contribution in [0.3, 0.4) is 0 Å². The van der Waals surface area contributed by atoms with Gasteiger partial charge in [-0.15, -0.1) is 0 Å². The van der Waals surface area contributed by atoms with Gasteiger partial charge in [-0.2, -0.15) is 0 Å². The number of carbonyl (C=O) groups excluding carboxylic acids is 2. The van der Waals surface area contributed by atoms with E-state index >= 15 is 0 Å². The minimum absolute atomic E-state index is 0.0450. The lowest BCUT2D eigenvalue weighted by molar-refractivity contribution is -0.137. The summed E-state index contributed by atoms with van der Waals surface area (Å²) in [5.41, 5.74) is 0.378. The topological polar surface area (TPSA) is 92.8 Å². The first-order valence-corrected chi connectivity index (χ1v) is 9.77. The molecule has 0 spiro atoms. The zero-order valence-electron chi connectivity index (χ0n) is 15.0. The molecule has 144 valence electrons. The van der Waals surface area contributed by atoms with E-state index in [4.69, 9.17) is 16.3 Å². The van der Waals surface area contributed by atoms with Gasteiger partial charge >= 0.3 is 5.97 Å². The highest BCUT2D eigenvalue weighted by atomic mass is 35.5. The Hall–Kier alpha value is -2.58. The Kier molecular flexibility index (Phi) is 6.45. The highest BCUT2D eigenvalue weighted by Gasteiger charge is 2.21. The van der Waals surface area contributed by atoms with E-state index in [0.29, 0.717) is 0 Å². The Morgan fingerprint density at radius 3 is 2.22 bits per heavy atom. The number of esters is 1. The van der Waals surface area contributed by atoms with Crippen LogP contribution in [0.5, 0.6) is 0 Å². The van der Waals surface area contributed by atoms with Crippen molar-refractivity contribution in [1.29, 1.82) is 0 Å². The van der Waals surface area contributed by atoms with Gasteiger partial charge in [-0.1, -0.05) is 23.7 Å². The third-order valence-corrected chi connectivity index (χ3v) is 5.30. The normalized spacial score (nSPS) is 12.1. The van der Waals surface area contributed by atoms with Crippen molar-refractivity contribution < 1.29 is 22.7 Å². The molecule has 7 nitrogen and oxygen atoms in total. The van der Waals surface area contributed by atoms with Crippen molar-refractivity contribution in [3.8, 4) is 0 Å². The molecule has 0 aliphatic carbocycles. The second-order valence-corrected chi connectivity index (χ2v) is 7.98. The van der Waals surface area contributed by atoms with E-state index in [0.717, 1.165) is 0 Å². The first-order valence-electron chi connectivity index (χ1n) is 7.91. The predicted octanol–water partition coefficient (Wildman–Crippen LogP) is 2.77. The molecule has 1 amide bonds. The maximum atomic E-state index is 12.4. The molecule has 2 aromatic rings. The van der Waals surface area contributed by atoms with Crippen LogP contribution in [0.15, 0.2) is 53.4 Å². The second-order valence-electron chi connectivity index (χ2n) is 5.89. The molecule has 2 rings (SSSR count). The van der Waals surface area contributed by atoms with E-state index in [1.165, 1.54) is 42.2 Å². The number of hydrogen-bond acceptors (Lipinski definition) is 5. The Labute approximate surface area is 162 Å². The number of para-hydroxylation sites is 1. The number of anilines is 1. The third-order valence-electron chi connectivity index (χ3n) is 3.59. The van der Waals surface area contributed by atoms with E-state index < -0.39 is 22.1 Å². The van der Waals surface area contributed by atoms with Crippen LogP contribution < -0.4 is 4.72 Å². The fourth-order valence-electron chi connectivity index (χ4n) is 2.16. The summed E-state index contributed by atoms with van der Waals surface area (Å²) < 4.78 is 32.4. The monoisotopic (exact) mass is 410 g/mol. The van der Waals surface area contributed by atoms with Crippen LogP contribution in [0.2, 0.25) is 5.02 Å². The van der Waals surface area contributed by atoms with Crippen molar-refractivity contribution >= 4 is 39.2 Å². The molecule has 0 fully saturated rings. The fourth-order valence-corrected chi connectivity index (χ4v) is 3.48. The van der Waals surface area contributed by atoms with Gasteiger partial charge in [0, 0.05) is 14.1 Å². The summed E-state index contributed by atoms with van der Waals surface area (Å²) in [4.78, 5) is 25.1. The summed E-state index contributed by atoms with van der Waals surface area (Å²) in [5.74, 6) is -1.08. The first-order chi connectivity index (χ1) is 12.6. The minimum atomic E-state index is -3.87. The molecule has 1 atom stereocenters. The van der Waals surface area contributed by atoms with Crippen LogP contribution in [0, 0.1) is 0 Å². The van der Waals surface area contributed by atoms with Gasteiger partial charge in [0.1, 0.15) is 0 Å². The number of ether oxygens (including phenoxy) is 1. The highest BCUT2D eigenvalue weighted by Crippen LogP contribution is 2.24. The summed E-state index contributed by atoms with van der Waals surface area (Å²) in [6.45, 7) is 1.46. The van der Waals surface area contributed by atoms with Crippen LogP contribution in [0.4, 0.5) is 5.69 Å². The maximum Gasteiger partial charge on any atom is 0.338 e. The largest absolute Gasteiger partial charge is 0.449 e. The molecular formula is C18H19ClN2O5S. The number of amides is 1. The summed E-state index contributed by atoms with van der Waals surface area (Å²) in [6.07, 6.45) is -0.946. The van der Waals surface area contributed by atoms with E-state index in [2.05, 4.69) is 4.72 Å². The van der Waals surface area contributed by atoms with Gasteiger partial charge in [-0.05, 0) is 43.3 Å². The second kappa shape index (κ2) is 8.41. The average Bonchev–Trinajstić information content (AvgIpc) is 2.62. The Morgan fingerprint density at radius 1 is 1.07 bits per heavy atom. The van der Waals surface area contributed by atoms with E-state index in [1.54, 1.807) is 32.3 Å². The number of halogens is 1. The predicted molar refractivity (Wildman–Crippen MR) is 102 cm³/mol. The van der Waals surface area contributed by atoms with Crippen molar-refractivity contribution in [2.24, 2.45) is 0 Å². The maximum absolute atomic E-state index is 12.4. The average molecular weight is 411 g/mol. The lowest BCUT2D eigenvalue weighted by Crippen LogP contribution is -2.34. The molecule has 0 unspecified atom stereocenters. The quantitative estimate of drug-likeness (QED) is 0.739. The highest BCUT2D eigenvalue weighted by molar-refractivity contribution is 7.92. The van der Waals surface area contributed by atoms with E-state index in [9.17, 15) is 18.0 Å². The van der Waals surface area contributed by atoms with Crippen molar-refractivity contribution in [3.05, 3.63) is 59.1 Å². The summed E-state index contributed by atoms with van der Waals surface area (Å²) in [6, 6.07) is 11.6. The number of hydrogen-bond donors (Lipinski definition) is 1. The van der Waals surface area contributed by atoms with Crippen molar-refractivity contribution in [1.82, 2.24) is 4.90 Å². The van der Waals surface area contributed by atoms with Crippen LogP contribution >= 0.6 is 11.6 Å². The summed E-state index contributed by atoms with van der Waals surface area (Å²) in [7, 11) is -0.766. The van der Waals surface area contributed by atoms with Gasteiger partial charge < -0.3 is 9.64 Å². The molecule has 2 aromatic carbocycles. The molecule has 0 aromatic heterocycles. The molecule has 0 heterocycles. The van der Waals surface area contributed by atoms with Crippen LogP contribution in [0.1, 0.15) is 17.3 Å². The van der Waals surface area contributed by atoms with Gasteiger partial charge in [0.2, 0.25) is 0 Å². The SMILES string of the molecule is C[C@H](OC(=O)c1ccc(S(=O)(=O)Nc2ccccc2Cl)cc1)C(=O)N(C)C. The van der Waals surface area contributed by atoms with Crippen LogP contribution in [-0.4, -0.2) is 45.4 Å². The molecule has 9 heteroatoms. The van der Waals surface area contributed by atoms with E-state index in [-0.39, 0.29) is 27.1 Å². The van der Waals surface area contributed by atoms with Gasteiger partial charge in [-0.25, -0.2) is 13.2 Å². The summed E-state index contributed by atoms with van der Waals surface area (Å²) >= 11 is 5.96. The number of nitrogens with zero attached hydrogens (tertiary/aromatic N) is 1. The number of likely N-dealkylation sites (N-methyl/N-ethyl adjacent to an activating group) is 1. The van der Waals surface area contributed by atoms with Gasteiger partial charge in [0.05, 0.1) is 21.2 Å².